The first-order chi connectivity index (χ1) is 8.81. The third-order valence-corrected chi connectivity index (χ3v) is 3.04. The third kappa shape index (κ3) is 3.27. The van der Waals surface area contributed by atoms with Crippen molar-refractivity contribution in [2.24, 2.45) is 0 Å². The van der Waals surface area contributed by atoms with E-state index in [1.807, 2.05) is 6.08 Å². The minimum Gasteiger partial charge on any atom is -0.0987 e. The van der Waals surface area contributed by atoms with Gasteiger partial charge < -0.3 is 0 Å². The number of hydrogen-bond acceptors (Lipinski definition) is 0. The molecular formula is C18H19+. The van der Waals surface area contributed by atoms with Crippen molar-refractivity contribution in [2.45, 2.75) is 19.8 Å². The van der Waals surface area contributed by atoms with Crippen LogP contribution in [0, 0.1) is 6.42 Å². The summed E-state index contributed by atoms with van der Waals surface area (Å²) in [7, 11) is 0. The topological polar surface area (TPSA) is 0 Å². The molecule has 0 amide bonds. The van der Waals surface area contributed by atoms with Crippen molar-refractivity contribution < 1.29 is 0 Å². The summed E-state index contributed by atoms with van der Waals surface area (Å²) in [4.78, 5) is 0. The molecule has 2 bridgehead atoms. The predicted octanol–water partition coefficient (Wildman–Crippen LogP) is 5.02. The zero-order chi connectivity index (χ0) is 12.8. The smallest absolute Gasteiger partial charge is 0.0500 e. The van der Waals surface area contributed by atoms with Crippen LogP contribution in [0.3, 0.4) is 0 Å². The summed E-state index contributed by atoms with van der Waals surface area (Å²) in [6, 6.07) is 0. The molecule has 0 atom stereocenters. The predicted molar refractivity (Wildman–Crippen MR) is 80.0 cm³/mol. The van der Waals surface area contributed by atoms with Crippen molar-refractivity contribution in [3.8, 4) is 0 Å². The highest BCUT2D eigenvalue weighted by molar-refractivity contribution is 5.47. The molecule has 0 aromatic heterocycles. The molecule has 0 heterocycles. The van der Waals surface area contributed by atoms with Crippen LogP contribution in [0.2, 0.25) is 0 Å². The Labute approximate surface area is 110 Å². The van der Waals surface area contributed by atoms with Gasteiger partial charge in [-0.25, -0.2) is 0 Å². The molecule has 0 fully saturated rings. The molecule has 0 unspecified atom stereocenters. The normalized spacial score (nSPS) is 26.9. The fraction of sp³-hybridized carbons (Fsp3) is 0.167. The first kappa shape index (κ1) is 12.5. The zero-order valence-electron chi connectivity index (χ0n) is 10.9. The molecule has 2 rings (SSSR count). The lowest BCUT2D eigenvalue weighted by Crippen LogP contribution is -1.95. The summed E-state index contributed by atoms with van der Waals surface area (Å²) in [5.41, 5.74) is 5.32. The van der Waals surface area contributed by atoms with Gasteiger partial charge >= 0.3 is 0 Å². The van der Waals surface area contributed by atoms with Crippen LogP contribution in [0.1, 0.15) is 19.8 Å². The summed E-state index contributed by atoms with van der Waals surface area (Å²) in [5.74, 6) is 0. The fourth-order valence-electron chi connectivity index (χ4n) is 2.24. The lowest BCUT2D eigenvalue weighted by atomic mass is 9.91. The molecule has 0 saturated carbocycles. The lowest BCUT2D eigenvalue weighted by Gasteiger charge is -2.11. The molecule has 0 radical (unpaired) electrons. The van der Waals surface area contributed by atoms with Crippen LogP contribution in [-0.2, 0) is 0 Å². The second-order valence-corrected chi connectivity index (χ2v) is 4.56. The molecule has 0 aliphatic heterocycles. The first-order valence-electron chi connectivity index (χ1n) is 6.38. The Morgan fingerprint density at radius 1 is 1.17 bits per heavy atom. The van der Waals surface area contributed by atoms with E-state index in [2.05, 4.69) is 68.5 Å². The average molecular weight is 235 g/mol. The SMILES string of the molecule is C=CC1=CC2=C[CH+]\C=C/C=C(/C=C(/C=CC)C1)C2. The highest BCUT2D eigenvalue weighted by Gasteiger charge is 2.11. The fourth-order valence-corrected chi connectivity index (χ4v) is 2.24. The summed E-state index contributed by atoms with van der Waals surface area (Å²) >= 11 is 0. The molecule has 0 N–H and O–H groups in total. The van der Waals surface area contributed by atoms with Gasteiger partial charge in [-0.1, -0.05) is 30.9 Å². The van der Waals surface area contributed by atoms with E-state index in [9.17, 15) is 0 Å². The first-order valence-corrected chi connectivity index (χ1v) is 6.38. The Bertz CT molecular complexity index is 502. The van der Waals surface area contributed by atoms with Crippen LogP contribution in [0.15, 0.2) is 83.6 Å². The quantitative estimate of drug-likeness (QED) is 0.589. The van der Waals surface area contributed by atoms with E-state index in [0.717, 1.165) is 12.8 Å². The monoisotopic (exact) mass is 235 g/mol. The van der Waals surface area contributed by atoms with E-state index in [-0.39, 0.29) is 0 Å². The average Bonchev–Trinajstić information content (AvgIpc) is 2.30. The van der Waals surface area contributed by atoms with E-state index in [4.69, 9.17) is 0 Å². The Balaban J connectivity index is 2.45. The van der Waals surface area contributed by atoms with Gasteiger partial charge in [-0.2, -0.15) is 0 Å². The van der Waals surface area contributed by atoms with Gasteiger partial charge in [0.05, 0.1) is 0 Å². The maximum Gasteiger partial charge on any atom is 0.0500 e. The van der Waals surface area contributed by atoms with E-state index in [1.165, 1.54) is 22.3 Å². The van der Waals surface area contributed by atoms with Crippen LogP contribution in [0.25, 0.3) is 0 Å². The zero-order valence-corrected chi connectivity index (χ0v) is 10.9. The lowest BCUT2D eigenvalue weighted by molar-refractivity contribution is 1.11. The van der Waals surface area contributed by atoms with Gasteiger partial charge in [0, 0.05) is 42.7 Å². The Morgan fingerprint density at radius 2 is 2.00 bits per heavy atom. The summed E-state index contributed by atoms with van der Waals surface area (Å²) < 4.78 is 0. The molecule has 2 aliphatic rings. The summed E-state index contributed by atoms with van der Waals surface area (Å²) in [5, 5.41) is 0. The van der Waals surface area contributed by atoms with Crippen LogP contribution in [0.4, 0.5) is 0 Å². The maximum atomic E-state index is 3.91. The number of fused-ring (bicyclic) bond motifs is 2. The molecule has 2 aliphatic carbocycles. The van der Waals surface area contributed by atoms with Gasteiger partial charge in [-0.05, 0) is 36.1 Å². The second-order valence-electron chi connectivity index (χ2n) is 4.56. The largest absolute Gasteiger partial charge is 0.0987 e. The van der Waals surface area contributed by atoms with Crippen molar-refractivity contribution in [3.63, 3.8) is 0 Å². The minimum atomic E-state index is 0.951. The Hall–Kier alpha value is -1.95. The van der Waals surface area contributed by atoms with E-state index in [0.29, 0.717) is 0 Å². The van der Waals surface area contributed by atoms with E-state index < -0.39 is 0 Å². The molecule has 0 spiro atoms. The summed E-state index contributed by atoms with van der Waals surface area (Å²) in [6.07, 6.45) is 23.4. The number of rotatable bonds is 2. The number of hydrogen-bond donors (Lipinski definition) is 0. The van der Waals surface area contributed by atoms with Gasteiger partial charge in [0.15, 0.2) is 0 Å². The van der Waals surface area contributed by atoms with Crippen LogP contribution < -0.4 is 0 Å². The highest BCUT2D eigenvalue weighted by Crippen LogP contribution is 2.26. The molecule has 90 valence electrons. The maximum absolute atomic E-state index is 3.91. The van der Waals surface area contributed by atoms with Gasteiger partial charge in [-0.3, -0.25) is 0 Å². The van der Waals surface area contributed by atoms with E-state index in [1.54, 1.807) is 0 Å². The van der Waals surface area contributed by atoms with Gasteiger partial charge in [0.2, 0.25) is 0 Å². The van der Waals surface area contributed by atoms with E-state index >= 15 is 0 Å². The minimum absolute atomic E-state index is 0.951. The third-order valence-electron chi connectivity index (χ3n) is 3.04. The van der Waals surface area contributed by atoms with Crippen LogP contribution in [-0.4, -0.2) is 0 Å². The molecule has 0 saturated heterocycles. The van der Waals surface area contributed by atoms with Crippen molar-refractivity contribution >= 4 is 0 Å². The van der Waals surface area contributed by atoms with Crippen LogP contribution in [0.5, 0.6) is 0 Å². The van der Waals surface area contributed by atoms with Crippen molar-refractivity contribution in [3.05, 3.63) is 90.0 Å². The Morgan fingerprint density at radius 3 is 2.78 bits per heavy atom. The molecule has 0 aromatic rings. The molecule has 18 heavy (non-hydrogen) atoms. The molecule has 0 nitrogen and oxygen atoms in total. The second kappa shape index (κ2) is 6.11. The Kier molecular flexibility index (Phi) is 4.25. The molecule has 0 heteroatoms. The highest BCUT2D eigenvalue weighted by atomic mass is 14.1. The number of allylic oxidation sites excluding steroid dienone is 13. The molecular weight excluding hydrogens is 216 g/mol. The van der Waals surface area contributed by atoms with Crippen LogP contribution >= 0.6 is 0 Å². The van der Waals surface area contributed by atoms with Crippen molar-refractivity contribution in [1.29, 1.82) is 0 Å². The van der Waals surface area contributed by atoms with Crippen molar-refractivity contribution in [1.82, 2.24) is 0 Å². The molecule has 0 aromatic carbocycles. The van der Waals surface area contributed by atoms with Gasteiger partial charge in [0.25, 0.3) is 0 Å². The van der Waals surface area contributed by atoms with Gasteiger partial charge in [0.1, 0.15) is 0 Å². The van der Waals surface area contributed by atoms with Crippen molar-refractivity contribution in [2.75, 3.05) is 0 Å². The standard InChI is InChI=1S/C18H19/c1-3-8-16-11-15(4-2)12-17-9-6-5-7-10-18(13-16)14-17/h3-10,12-13H,2,11,14H2,1H3/q+1/b7-5-,8-3?,15-12?,16-13-,17-9?,18-10-. The summed E-state index contributed by atoms with van der Waals surface area (Å²) in [6.45, 7) is 5.97. The van der Waals surface area contributed by atoms with Gasteiger partial charge in [-0.15, -0.1) is 0 Å².